The minimum atomic E-state index is -0.186. The van der Waals surface area contributed by atoms with Crippen LogP contribution in [-0.4, -0.2) is 41.7 Å². The van der Waals surface area contributed by atoms with Crippen LogP contribution in [0.3, 0.4) is 0 Å². The van der Waals surface area contributed by atoms with Crippen LogP contribution < -0.4 is 10.6 Å². The van der Waals surface area contributed by atoms with Crippen molar-refractivity contribution in [2.45, 2.75) is 46.1 Å². The van der Waals surface area contributed by atoms with Crippen molar-refractivity contribution in [2.24, 2.45) is 0 Å². The molecule has 0 spiro atoms. The molecule has 0 fully saturated rings. The van der Waals surface area contributed by atoms with E-state index in [9.17, 15) is 4.79 Å². The second kappa shape index (κ2) is 10.1. The zero-order valence-corrected chi connectivity index (χ0v) is 13.2. The van der Waals surface area contributed by atoms with Gasteiger partial charge in [-0.1, -0.05) is 6.92 Å². The van der Waals surface area contributed by atoms with E-state index in [2.05, 4.69) is 27.5 Å². The summed E-state index contributed by atoms with van der Waals surface area (Å²) in [7, 11) is 0. The molecule has 0 saturated heterocycles. The van der Waals surface area contributed by atoms with E-state index >= 15 is 0 Å². The van der Waals surface area contributed by atoms with Crippen LogP contribution in [-0.2, 0) is 4.74 Å². The number of ether oxygens (including phenoxy) is 1. The molecular weight excluding hydrogens is 268 g/mol. The summed E-state index contributed by atoms with van der Waals surface area (Å²) in [6.45, 7) is 8.30. The van der Waals surface area contributed by atoms with E-state index in [0.29, 0.717) is 18.1 Å². The highest BCUT2D eigenvalue weighted by Crippen LogP contribution is 2.01. The summed E-state index contributed by atoms with van der Waals surface area (Å²) in [6.07, 6.45) is 6.18. The van der Waals surface area contributed by atoms with Gasteiger partial charge in [0, 0.05) is 19.7 Å². The maximum absolute atomic E-state index is 11.8. The Labute approximate surface area is 126 Å². The number of aromatic nitrogens is 2. The Morgan fingerprint density at radius 2 is 2.05 bits per heavy atom. The summed E-state index contributed by atoms with van der Waals surface area (Å²) in [5.41, 5.74) is 0.343. The molecule has 0 radical (unpaired) electrons. The van der Waals surface area contributed by atoms with Crippen molar-refractivity contribution in [2.75, 3.05) is 25.0 Å². The molecule has 0 aliphatic carbocycles. The Kier molecular flexibility index (Phi) is 8.35. The van der Waals surface area contributed by atoms with Gasteiger partial charge in [-0.3, -0.25) is 4.79 Å². The number of carbonyl (C=O) groups is 1. The number of amides is 1. The molecule has 2 N–H and O–H groups in total. The number of rotatable bonds is 10. The summed E-state index contributed by atoms with van der Waals surface area (Å²) in [5, 5.41) is 5.95. The molecule has 0 bridgehead atoms. The molecule has 0 unspecified atom stereocenters. The number of hydrogen-bond acceptors (Lipinski definition) is 5. The molecule has 0 saturated carbocycles. The first-order valence-electron chi connectivity index (χ1n) is 7.59. The first-order chi connectivity index (χ1) is 10.1. The lowest BCUT2D eigenvalue weighted by Gasteiger charge is -2.08. The minimum absolute atomic E-state index is 0.186. The van der Waals surface area contributed by atoms with Gasteiger partial charge in [0.2, 0.25) is 0 Å². The molecule has 6 nitrogen and oxygen atoms in total. The molecule has 1 amide bonds. The highest BCUT2D eigenvalue weighted by Gasteiger charge is 2.07. The summed E-state index contributed by atoms with van der Waals surface area (Å²) >= 11 is 0. The van der Waals surface area contributed by atoms with Crippen LogP contribution in [0.25, 0.3) is 0 Å². The van der Waals surface area contributed by atoms with Gasteiger partial charge in [-0.2, -0.15) is 0 Å². The van der Waals surface area contributed by atoms with Crippen LogP contribution in [0.5, 0.6) is 0 Å². The lowest BCUT2D eigenvalue weighted by Crippen LogP contribution is -2.25. The molecule has 0 aliphatic heterocycles. The SMILES string of the molecule is CCCNc1cnc(C(=O)NCCCCOC(C)C)cn1. The largest absolute Gasteiger partial charge is 0.379 e. The van der Waals surface area contributed by atoms with Crippen LogP contribution in [0.1, 0.15) is 50.5 Å². The van der Waals surface area contributed by atoms with Crippen molar-refractivity contribution < 1.29 is 9.53 Å². The van der Waals surface area contributed by atoms with Crippen LogP contribution in [0.4, 0.5) is 5.82 Å². The maximum Gasteiger partial charge on any atom is 0.271 e. The zero-order valence-electron chi connectivity index (χ0n) is 13.2. The van der Waals surface area contributed by atoms with Gasteiger partial charge in [-0.05, 0) is 33.1 Å². The predicted molar refractivity (Wildman–Crippen MR) is 83.5 cm³/mol. The molecule has 21 heavy (non-hydrogen) atoms. The van der Waals surface area contributed by atoms with E-state index in [0.717, 1.165) is 32.4 Å². The fraction of sp³-hybridized carbons (Fsp3) is 0.667. The standard InChI is InChI=1S/C15H26N4O2/c1-4-7-16-14-11-18-13(10-19-14)15(20)17-8-5-6-9-21-12(2)3/h10-12H,4-9H2,1-3H3,(H,16,19)(H,17,20). The Morgan fingerprint density at radius 1 is 1.24 bits per heavy atom. The van der Waals surface area contributed by atoms with Gasteiger partial charge >= 0.3 is 0 Å². The molecule has 1 aromatic heterocycles. The number of carbonyl (C=O) groups excluding carboxylic acids is 1. The van der Waals surface area contributed by atoms with E-state index in [1.807, 2.05) is 13.8 Å². The number of unbranched alkanes of at least 4 members (excludes halogenated alkanes) is 1. The van der Waals surface area contributed by atoms with Crippen molar-refractivity contribution in [1.82, 2.24) is 15.3 Å². The number of hydrogen-bond donors (Lipinski definition) is 2. The Morgan fingerprint density at radius 3 is 2.67 bits per heavy atom. The Balaban J connectivity index is 2.22. The predicted octanol–water partition coefficient (Wildman–Crippen LogP) is 2.23. The van der Waals surface area contributed by atoms with Gasteiger partial charge in [0.05, 0.1) is 18.5 Å². The normalized spacial score (nSPS) is 10.7. The van der Waals surface area contributed by atoms with Gasteiger partial charge in [-0.15, -0.1) is 0 Å². The van der Waals surface area contributed by atoms with Crippen molar-refractivity contribution in [1.29, 1.82) is 0 Å². The molecule has 0 atom stereocenters. The highest BCUT2D eigenvalue weighted by molar-refractivity contribution is 5.91. The fourth-order valence-electron chi connectivity index (χ4n) is 1.63. The van der Waals surface area contributed by atoms with Crippen molar-refractivity contribution in [3.63, 3.8) is 0 Å². The van der Waals surface area contributed by atoms with E-state index < -0.39 is 0 Å². The van der Waals surface area contributed by atoms with E-state index in [4.69, 9.17) is 4.74 Å². The number of nitrogens with zero attached hydrogens (tertiary/aromatic N) is 2. The summed E-state index contributed by atoms with van der Waals surface area (Å²) in [5.74, 6) is 0.508. The molecule has 6 heteroatoms. The Hall–Kier alpha value is -1.69. The van der Waals surface area contributed by atoms with Crippen molar-refractivity contribution in [3.8, 4) is 0 Å². The van der Waals surface area contributed by atoms with Crippen LogP contribution >= 0.6 is 0 Å². The Bertz CT molecular complexity index is 407. The molecule has 0 aliphatic rings. The fourth-order valence-corrected chi connectivity index (χ4v) is 1.63. The summed E-state index contributed by atoms with van der Waals surface area (Å²) < 4.78 is 5.44. The third kappa shape index (κ3) is 7.60. The average Bonchev–Trinajstić information content (AvgIpc) is 2.48. The number of nitrogens with one attached hydrogen (secondary N) is 2. The molecule has 118 valence electrons. The van der Waals surface area contributed by atoms with E-state index in [1.54, 1.807) is 6.20 Å². The smallest absolute Gasteiger partial charge is 0.271 e. The number of anilines is 1. The lowest BCUT2D eigenvalue weighted by molar-refractivity contribution is 0.0754. The van der Waals surface area contributed by atoms with Gasteiger partial charge < -0.3 is 15.4 Å². The van der Waals surface area contributed by atoms with Crippen LogP contribution in [0, 0.1) is 0 Å². The van der Waals surface area contributed by atoms with E-state index in [1.165, 1.54) is 6.20 Å². The highest BCUT2D eigenvalue weighted by atomic mass is 16.5. The average molecular weight is 294 g/mol. The monoisotopic (exact) mass is 294 g/mol. The maximum atomic E-state index is 11.8. The topological polar surface area (TPSA) is 76.1 Å². The molecule has 0 aromatic carbocycles. The third-order valence-corrected chi connectivity index (χ3v) is 2.75. The minimum Gasteiger partial charge on any atom is -0.379 e. The van der Waals surface area contributed by atoms with Gasteiger partial charge in [0.15, 0.2) is 0 Å². The lowest BCUT2D eigenvalue weighted by atomic mass is 10.3. The van der Waals surface area contributed by atoms with Crippen molar-refractivity contribution >= 4 is 11.7 Å². The van der Waals surface area contributed by atoms with Crippen molar-refractivity contribution in [3.05, 3.63) is 18.1 Å². The zero-order chi connectivity index (χ0) is 15.5. The molecular formula is C15H26N4O2. The summed E-state index contributed by atoms with van der Waals surface area (Å²) in [4.78, 5) is 20.1. The van der Waals surface area contributed by atoms with Gasteiger partial charge in [0.25, 0.3) is 5.91 Å². The molecule has 1 heterocycles. The quantitative estimate of drug-likeness (QED) is 0.647. The van der Waals surface area contributed by atoms with Gasteiger partial charge in [-0.25, -0.2) is 9.97 Å². The van der Waals surface area contributed by atoms with Gasteiger partial charge in [0.1, 0.15) is 11.5 Å². The second-order valence-electron chi connectivity index (χ2n) is 5.10. The second-order valence-corrected chi connectivity index (χ2v) is 5.10. The third-order valence-electron chi connectivity index (χ3n) is 2.75. The van der Waals surface area contributed by atoms with Crippen LogP contribution in [0.15, 0.2) is 12.4 Å². The van der Waals surface area contributed by atoms with Crippen LogP contribution in [0.2, 0.25) is 0 Å². The molecule has 1 aromatic rings. The molecule has 1 rings (SSSR count). The van der Waals surface area contributed by atoms with E-state index in [-0.39, 0.29) is 12.0 Å². The summed E-state index contributed by atoms with van der Waals surface area (Å²) in [6, 6.07) is 0. The first kappa shape index (κ1) is 17.4. The first-order valence-corrected chi connectivity index (χ1v) is 7.59.